The topological polar surface area (TPSA) is 0 Å². The molecule has 0 aliphatic rings. The number of hydrogen-bond donors (Lipinski definition) is 0. The van der Waals surface area contributed by atoms with Crippen molar-refractivity contribution in [1.82, 2.24) is 0 Å². The Kier molecular flexibility index (Phi) is 4.02. The third-order valence-corrected chi connectivity index (χ3v) is 3.88. The Morgan fingerprint density at radius 2 is 2.45 bits per heavy atom. The van der Waals surface area contributed by atoms with Gasteiger partial charge in [-0.1, -0.05) is 20.3 Å². The average Bonchev–Trinajstić information content (AvgIpc) is 2.52. The number of thiophene rings is 1. The Balaban J connectivity index is 2.23. The summed E-state index contributed by atoms with van der Waals surface area (Å²) in [4.78, 5) is 1.43. The van der Waals surface area contributed by atoms with Crippen molar-refractivity contribution in [2.45, 2.75) is 25.2 Å². The second kappa shape index (κ2) is 4.83. The lowest BCUT2D eigenvalue weighted by atomic mass is 10.2. The molecule has 0 radical (unpaired) electrons. The quantitative estimate of drug-likeness (QED) is 0.643. The first-order chi connectivity index (χ1) is 5.33. The normalized spacial score (nSPS) is 13.3. The highest BCUT2D eigenvalue weighted by atomic mass is 32.2. The molecular weight excluding hydrogens is 172 g/mol. The van der Waals surface area contributed by atoms with Crippen molar-refractivity contribution < 1.29 is 0 Å². The molecule has 0 aliphatic carbocycles. The van der Waals surface area contributed by atoms with E-state index in [0.717, 1.165) is 5.92 Å². The molecule has 0 aromatic carbocycles. The molecule has 1 rings (SSSR count). The zero-order chi connectivity index (χ0) is 8.10. The zero-order valence-electron chi connectivity index (χ0n) is 7.04. The molecule has 1 aromatic heterocycles. The number of hydrogen-bond acceptors (Lipinski definition) is 2. The van der Waals surface area contributed by atoms with Crippen LogP contribution < -0.4 is 0 Å². The summed E-state index contributed by atoms with van der Waals surface area (Å²) < 4.78 is 0. The molecule has 0 bridgehead atoms. The molecule has 1 aromatic rings. The van der Waals surface area contributed by atoms with Crippen molar-refractivity contribution in [3.05, 3.63) is 16.8 Å². The van der Waals surface area contributed by atoms with E-state index in [1.165, 1.54) is 17.1 Å². The van der Waals surface area contributed by atoms with Crippen LogP contribution in [0.25, 0.3) is 0 Å². The van der Waals surface area contributed by atoms with E-state index in [1.807, 2.05) is 11.8 Å². The molecule has 0 saturated carbocycles. The Morgan fingerprint density at radius 3 is 3.00 bits per heavy atom. The minimum atomic E-state index is 0.847. The highest BCUT2D eigenvalue weighted by molar-refractivity contribution is 7.99. The van der Waals surface area contributed by atoms with Crippen LogP contribution in [0.2, 0.25) is 0 Å². The molecule has 1 unspecified atom stereocenters. The van der Waals surface area contributed by atoms with Crippen LogP contribution in [0.15, 0.2) is 21.7 Å². The first kappa shape index (κ1) is 9.14. The SMILES string of the molecule is CCC(C)CSc1ccsc1. The van der Waals surface area contributed by atoms with Crippen molar-refractivity contribution >= 4 is 23.1 Å². The minimum absolute atomic E-state index is 0.847. The molecule has 62 valence electrons. The Morgan fingerprint density at radius 1 is 1.64 bits per heavy atom. The van der Waals surface area contributed by atoms with Crippen LogP contribution >= 0.6 is 23.1 Å². The van der Waals surface area contributed by atoms with Crippen LogP contribution in [-0.4, -0.2) is 5.75 Å². The van der Waals surface area contributed by atoms with Crippen LogP contribution in [0.1, 0.15) is 20.3 Å². The lowest BCUT2D eigenvalue weighted by molar-refractivity contribution is 0.637. The van der Waals surface area contributed by atoms with Crippen molar-refractivity contribution in [3.63, 3.8) is 0 Å². The molecule has 0 saturated heterocycles. The monoisotopic (exact) mass is 186 g/mol. The second-order valence-corrected chi connectivity index (χ2v) is 4.66. The Hall–Kier alpha value is 0.0500. The van der Waals surface area contributed by atoms with E-state index < -0.39 is 0 Å². The van der Waals surface area contributed by atoms with Gasteiger partial charge in [0.25, 0.3) is 0 Å². The van der Waals surface area contributed by atoms with Gasteiger partial charge in [0.05, 0.1) is 0 Å². The summed E-state index contributed by atoms with van der Waals surface area (Å²) in [5.74, 6) is 2.10. The third-order valence-electron chi connectivity index (χ3n) is 1.73. The van der Waals surface area contributed by atoms with Gasteiger partial charge in [0.2, 0.25) is 0 Å². The predicted molar refractivity (Wildman–Crippen MR) is 54.5 cm³/mol. The molecule has 1 atom stereocenters. The van der Waals surface area contributed by atoms with Crippen molar-refractivity contribution in [2.75, 3.05) is 5.75 Å². The molecule has 1 heterocycles. The van der Waals surface area contributed by atoms with Crippen LogP contribution in [0.4, 0.5) is 0 Å². The summed E-state index contributed by atoms with van der Waals surface area (Å²) in [6.45, 7) is 4.55. The van der Waals surface area contributed by atoms with Gasteiger partial charge in [0.15, 0.2) is 0 Å². The highest BCUT2D eigenvalue weighted by Gasteiger charge is 1.99. The van der Waals surface area contributed by atoms with E-state index in [-0.39, 0.29) is 0 Å². The summed E-state index contributed by atoms with van der Waals surface area (Å²) >= 11 is 3.75. The molecule has 0 aliphatic heterocycles. The Labute approximate surface area is 77.0 Å². The van der Waals surface area contributed by atoms with Gasteiger partial charge in [-0.3, -0.25) is 0 Å². The van der Waals surface area contributed by atoms with E-state index >= 15 is 0 Å². The van der Waals surface area contributed by atoms with Crippen LogP contribution in [0.3, 0.4) is 0 Å². The van der Waals surface area contributed by atoms with E-state index in [9.17, 15) is 0 Å². The maximum atomic E-state index is 2.30. The Bertz CT molecular complexity index is 179. The molecule has 0 fully saturated rings. The van der Waals surface area contributed by atoms with Crippen LogP contribution in [-0.2, 0) is 0 Å². The van der Waals surface area contributed by atoms with Gasteiger partial charge >= 0.3 is 0 Å². The first-order valence-corrected chi connectivity index (χ1v) is 5.90. The summed E-state index contributed by atoms with van der Waals surface area (Å²) in [5.41, 5.74) is 0. The van der Waals surface area contributed by atoms with E-state index in [4.69, 9.17) is 0 Å². The van der Waals surface area contributed by atoms with Gasteiger partial charge in [0.1, 0.15) is 0 Å². The summed E-state index contributed by atoms with van der Waals surface area (Å²) in [6, 6.07) is 2.19. The summed E-state index contributed by atoms with van der Waals surface area (Å²) in [5, 5.41) is 4.35. The third kappa shape index (κ3) is 3.30. The number of thioether (sulfide) groups is 1. The summed E-state index contributed by atoms with van der Waals surface area (Å²) in [7, 11) is 0. The predicted octanol–water partition coefficient (Wildman–Crippen LogP) is 3.89. The van der Waals surface area contributed by atoms with Crippen LogP contribution in [0, 0.1) is 5.92 Å². The van der Waals surface area contributed by atoms with Crippen molar-refractivity contribution in [2.24, 2.45) is 5.92 Å². The molecule has 2 heteroatoms. The van der Waals surface area contributed by atoms with Gasteiger partial charge in [-0.15, -0.1) is 11.8 Å². The van der Waals surface area contributed by atoms with Gasteiger partial charge in [0, 0.05) is 16.0 Å². The lowest BCUT2D eigenvalue weighted by Gasteiger charge is -2.05. The maximum absolute atomic E-state index is 2.30. The molecular formula is C9H14S2. The van der Waals surface area contributed by atoms with Gasteiger partial charge in [-0.05, 0) is 17.4 Å². The highest BCUT2D eigenvalue weighted by Crippen LogP contribution is 2.23. The molecule has 0 N–H and O–H groups in total. The van der Waals surface area contributed by atoms with Gasteiger partial charge < -0.3 is 0 Å². The minimum Gasteiger partial charge on any atom is -0.151 e. The van der Waals surface area contributed by atoms with Gasteiger partial charge in [-0.25, -0.2) is 0 Å². The zero-order valence-corrected chi connectivity index (χ0v) is 8.67. The standard InChI is InChI=1S/C9H14S2/c1-3-8(2)6-11-9-4-5-10-7-9/h4-5,7-8H,3,6H2,1-2H3. The molecule has 11 heavy (non-hydrogen) atoms. The second-order valence-electron chi connectivity index (χ2n) is 2.78. The fourth-order valence-corrected chi connectivity index (χ4v) is 2.61. The summed E-state index contributed by atoms with van der Waals surface area (Å²) in [6.07, 6.45) is 1.29. The van der Waals surface area contributed by atoms with E-state index in [1.54, 1.807) is 11.3 Å². The molecule has 0 nitrogen and oxygen atoms in total. The van der Waals surface area contributed by atoms with E-state index in [0.29, 0.717) is 0 Å². The van der Waals surface area contributed by atoms with E-state index in [2.05, 4.69) is 30.7 Å². The van der Waals surface area contributed by atoms with Gasteiger partial charge in [-0.2, -0.15) is 11.3 Å². The maximum Gasteiger partial charge on any atom is 0.0179 e. The van der Waals surface area contributed by atoms with Crippen molar-refractivity contribution in [1.29, 1.82) is 0 Å². The fraction of sp³-hybridized carbons (Fsp3) is 0.556. The molecule has 0 spiro atoms. The lowest BCUT2D eigenvalue weighted by Crippen LogP contribution is -1.94. The smallest absolute Gasteiger partial charge is 0.0179 e. The number of rotatable bonds is 4. The fourth-order valence-electron chi connectivity index (χ4n) is 0.690. The van der Waals surface area contributed by atoms with Crippen LogP contribution in [0.5, 0.6) is 0 Å². The largest absolute Gasteiger partial charge is 0.151 e. The average molecular weight is 186 g/mol. The first-order valence-electron chi connectivity index (χ1n) is 3.98. The molecule has 0 amide bonds. The van der Waals surface area contributed by atoms with Crippen molar-refractivity contribution in [3.8, 4) is 0 Å².